The van der Waals surface area contributed by atoms with Crippen molar-refractivity contribution >= 4 is 40.2 Å². The highest BCUT2D eigenvalue weighted by molar-refractivity contribution is 7.99. The van der Waals surface area contributed by atoms with E-state index in [1.54, 1.807) is 24.3 Å². The normalized spacial score (nSPS) is 12.0. The van der Waals surface area contributed by atoms with E-state index in [9.17, 15) is 9.59 Å². The van der Waals surface area contributed by atoms with Gasteiger partial charge in [-0.1, -0.05) is 60.6 Å². The summed E-state index contributed by atoms with van der Waals surface area (Å²) >= 11 is 7.27. The van der Waals surface area contributed by atoms with E-state index in [0.717, 1.165) is 12.0 Å². The van der Waals surface area contributed by atoms with Gasteiger partial charge in [0, 0.05) is 11.6 Å². The van der Waals surface area contributed by atoms with Crippen LogP contribution in [-0.2, 0) is 17.8 Å². The number of aromatic nitrogens is 2. The lowest BCUT2D eigenvalue weighted by molar-refractivity contribution is -0.119. The molecule has 3 aromatic rings. The van der Waals surface area contributed by atoms with Crippen LogP contribution in [0.25, 0.3) is 10.9 Å². The topological polar surface area (TPSA) is 64.0 Å². The average molecular weight is 442 g/mol. The molecule has 5 nitrogen and oxygen atoms in total. The van der Waals surface area contributed by atoms with Gasteiger partial charge in [0.2, 0.25) is 5.91 Å². The minimum Gasteiger partial charge on any atom is -0.349 e. The number of thioether (sulfide) groups is 1. The van der Waals surface area contributed by atoms with Crippen molar-refractivity contribution in [1.29, 1.82) is 0 Å². The average Bonchev–Trinajstić information content (AvgIpc) is 2.74. The predicted octanol–water partition coefficient (Wildman–Crippen LogP) is 4.77. The molecular weight excluding hydrogens is 418 g/mol. The van der Waals surface area contributed by atoms with Gasteiger partial charge in [-0.2, -0.15) is 0 Å². The van der Waals surface area contributed by atoms with Gasteiger partial charge in [0.05, 0.1) is 22.7 Å². The van der Waals surface area contributed by atoms with E-state index in [-0.39, 0.29) is 23.3 Å². The van der Waals surface area contributed by atoms with Crippen molar-refractivity contribution in [3.05, 3.63) is 81.6 Å². The first-order valence-corrected chi connectivity index (χ1v) is 11.1. The molecule has 1 heterocycles. The van der Waals surface area contributed by atoms with Crippen LogP contribution >= 0.6 is 23.4 Å². The number of rotatable bonds is 8. The van der Waals surface area contributed by atoms with Crippen LogP contribution in [0.3, 0.4) is 0 Å². The molecule has 0 saturated heterocycles. The monoisotopic (exact) mass is 441 g/mol. The molecule has 7 heteroatoms. The van der Waals surface area contributed by atoms with Gasteiger partial charge in [-0.25, -0.2) is 4.98 Å². The van der Waals surface area contributed by atoms with E-state index in [1.165, 1.54) is 21.9 Å². The van der Waals surface area contributed by atoms with Gasteiger partial charge in [-0.3, -0.25) is 14.2 Å². The molecule has 0 radical (unpaired) electrons. The summed E-state index contributed by atoms with van der Waals surface area (Å²) in [4.78, 5) is 29.9. The minimum atomic E-state index is -0.177. The van der Waals surface area contributed by atoms with Crippen LogP contribution in [0, 0.1) is 0 Å². The van der Waals surface area contributed by atoms with E-state index in [0.29, 0.717) is 27.6 Å². The van der Waals surface area contributed by atoms with E-state index in [1.807, 2.05) is 19.1 Å². The van der Waals surface area contributed by atoms with Gasteiger partial charge < -0.3 is 5.32 Å². The summed E-state index contributed by atoms with van der Waals surface area (Å²) in [5.41, 5.74) is 2.65. The Balaban J connectivity index is 1.75. The summed E-state index contributed by atoms with van der Waals surface area (Å²) in [5.74, 6) is 0.0187. The van der Waals surface area contributed by atoms with Gasteiger partial charge in [0.25, 0.3) is 5.56 Å². The third-order valence-electron chi connectivity index (χ3n) is 4.79. The van der Waals surface area contributed by atoms with E-state index >= 15 is 0 Å². The quantitative estimate of drug-likeness (QED) is 0.311. The molecule has 2 aromatic carbocycles. The van der Waals surface area contributed by atoms with Crippen molar-refractivity contribution in [1.82, 2.24) is 14.9 Å². The first-order valence-electron chi connectivity index (χ1n) is 9.75. The number of fused-ring (bicyclic) bond motifs is 1. The summed E-state index contributed by atoms with van der Waals surface area (Å²) in [6.45, 7) is 8.09. The second-order valence-electron chi connectivity index (χ2n) is 6.93. The van der Waals surface area contributed by atoms with Gasteiger partial charge >= 0.3 is 0 Å². The fourth-order valence-corrected chi connectivity index (χ4v) is 4.10. The molecule has 0 aliphatic rings. The molecule has 1 unspecified atom stereocenters. The Morgan fingerprint density at radius 2 is 2.03 bits per heavy atom. The first-order chi connectivity index (χ1) is 14.4. The summed E-state index contributed by atoms with van der Waals surface area (Å²) in [5, 5.41) is 4.46. The van der Waals surface area contributed by atoms with Crippen molar-refractivity contribution in [2.45, 2.75) is 38.0 Å². The van der Waals surface area contributed by atoms with Crippen molar-refractivity contribution in [3.63, 3.8) is 0 Å². The van der Waals surface area contributed by atoms with Crippen molar-refractivity contribution < 1.29 is 4.79 Å². The molecule has 0 saturated carbocycles. The van der Waals surface area contributed by atoms with Crippen molar-refractivity contribution in [2.24, 2.45) is 0 Å². The molecule has 30 heavy (non-hydrogen) atoms. The number of allylic oxidation sites excluding steroid dienone is 1. The second-order valence-corrected chi connectivity index (χ2v) is 8.31. The highest BCUT2D eigenvalue weighted by Gasteiger charge is 2.15. The van der Waals surface area contributed by atoms with E-state index < -0.39 is 0 Å². The molecule has 1 atom stereocenters. The smallest absolute Gasteiger partial charge is 0.262 e. The Morgan fingerprint density at radius 1 is 1.30 bits per heavy atom. The molecule has 0 bridgehead atoms. The van der Waals surface area contributed by atoms with Gasteiger partial charge in [0.1, 0.15) is 0 Å². The van der Waals surface area contributed by atoms with Gasteiger partial charge in [0.15, 0.2) is 5.16 Å². The maximum Gasteiger partial charge on any atom is 0.262 e. The Kier molecular flexibility index (Phi) is 7.34. The fraction of sp³-hybridized carbons (Fsp3) is 0.261. The Morgan fingerprint density at radius 3 is 2.70 bits per heavy atom. The highest BCUT2D eigenvalue weighted by atomic mass is 35.5. The molecule has 0 fully saturated rings. The fourth-order valence-electron chi connectivity index (χ4n) is 3.11. The zero-order valence-electron chi connectivity index (χ0n) is 17.0. The zero-order valence-corrected chi connectivity index (χ0v) is 18.6. The molecule has 0 aliphatic carbocycles. The highest BCUT2D eigenvalue weighted by Crippen LogP contribution is 2.21. The lowest BCUT2D eigenvalue weighted by Crippen LogP contribution is -2.29. The number of aryl methyl sites for hydroxylation is 1. The number of nitrogens with one attached hydrogen (secondary N) is 1. The number of nitrogens with zero attached hydrogens (tertiary/aromatic N) is 2. The Bertz CT molecular complexity index is 1130. The molecule has 1 aromatic heterocycles. The minimum absolute atomic E-state index is 0.109. The Hall–Kier alpha value is -2.57. The molecule has 3 rings (SSSR count). The maximum atomic E-state index is 12.8. The number of hydrogen-bond donors (Lipinski definition) is 1. The molecule has 156 valence electrons. The summed E-state index contributed by atoms with van der Waals surface area (Å²) < 4.78 is 1.52. The third-order valence-corrected chi connectivity index (χ3v) is 6.00. The van der Waals surface area contributed by atoms with Crippen LogP contribution in [0.5, 0.6) is 0 Å². The largest absolute Gasteiger partial charge is 0.349 e. The Labute approximate surface area is 185 Å². The standard InChI is InChI=1S/C23H24ClN3O2S/c1-4-12-27-22(29)19-11-10-18(24)13-20(19)26-23(27)30-14-21(28)25-15(3)17-8-6-16(5-2)7-9-17/h4,6-11,13,15H,1,5,12,14H2,2-3H3,(H,25,28). The number of hydrogen-bond acceptors (Lipinski definition) is 4. The van der Waals surface area contributed by atoms with Gasteiger partial charge in [-0.15, -0.1) is 6.58 Å². The molecular formula is C23H24ClN3O2S. The summed E-state index contributed by atoms with van der Waals surface area (Å²) in [6.07, 6.45) is 2.62. The molecule has 1 N–H and O–H groups in total. The number of halogens is 1. The van der Waals surface area contributed by atoms with E-state index in [2.05, 4.69) is 35.9 Å². The molecule has 1 amide bonds. The predicted molar refractivity (Wildman–Crippen MR) is 124 cm³/mol. The van der Waals surface area contributed by atoms with Crippen LogP contribution in [0.15, 0.2) is 65.1 Å². The van der Waals surface area contributed by atoms with E-state index in [4.69, 9.17) is 11.6 Å². The lowest BCUT2D eigenvalue weighted by Gasteiger charge is -2.15. The number of benzene rings is 2. The summed E-state index contributed by atoms with van der Waals surface area (Å²) in [6, 6.07) is 13.1. The van der Waals surface area contributed by atoms with Crippen LogP contribution in [0.2, 0.25) is 5.02 Å². The first kappa shape index (κ1) is 22.1. The number of carbonyl (C=O) groups is 1. The lowest BCUT2D eigenvalue weighted by atomic mass is 10.1. The van der Waals surface area contributed by atoms with Crippen molar-refractivity contribution in [3.8, 4) is 0 Å². The van der Waals surface area contributed by atoms with Gasteiger partial charge in [-0.05, 0) is 42.7 Å². The number of amides is 1. The SMILES string of the molecule is C=CCn1c(SCC(=O)NC(C)c2ccc(CC)cc2)nc2cc(Cl)ccc2c1=O. The van der Waals surface area contributed by atoms with Crippen LogP contribution in [-0.4, -0.2) is 21.2 Å². The van der Waals surface area contributed by atoms with Crippen LogP contribution in [0.4, 0.5) is 0 Å². The third kappa shape index (κ3) is 5.12. The van der Waals surface area contributed by atoms with Crippen LogP contribution < -0.4 is 10.9 Å². The summed E-state index contributed by atoms with van der Waals surface area (Å²) in [7, 11) is 0. The zero-order chi connectivity index (χ0) is 21.7. The molecule has 0 aliphatic heterocycles. The second kappa shape index (κ2) is 9.96. The molecule has 0 spiro atoms. The van der Waals surface area contributed by atoms with Crippen molar-refractivity contribution in [2.75, 3.05) is 5.75 Å². The number of carbonyl (C=O) groups excluding carboxylic acids is 1. The van der Waals surface area contributed by atoms with Crippen LogP contribution in [0.1, 0.15) is 31.0 Å². The maximum absolute atomic E-state index is 12.8.